The highest BCUT2D eigenvalue weighted by atomic mass is 16.2. The van der Waals surface area contributed by atoms with E-state index in [0.29, 0.717) is 12.3 Å². The molecule has 1 aliphatic heterocycles. The normalized spacial score (nSPS) is 22.8. The van der Waals surface area contributed by atoms with Gasteiger partial charge in [0.05, 0.1) is 0 Å². The molecule has 0 N–H and O–H groups in total. The minimum Gasteiger partial charge on any atom is -0.353 e. The number of hydrogen-bond acceptors (Lipinski definition) is 3. The number of carbonyl (C=O) groups excluding carboxylic acids is 1. The number of aromatic nitrogens is 1. The molecule has 4 nitrogen and oxygen atoms in total. The van der Waals surface area contributed by atoms with Gasteiger partial charge >= 0.3 is 0 Å². The zero-order valence-corrected chi connectivity index (χ0v) is 13.8. The van der Waals surface area contributed by atoms with Gasteiger partial charge in [0.2, 0.25) is 5.91 Å². The Hall–Kier alpha value is -1.58. The molecule has 4 heteroatoms. The first-order valence-electron chi connectivity index (χ1n) is 7.96. The molecule has 1 aromatic heterocycles. The predicted molar refractivity (Wildman–Crippen MR) is 86.6 cm³/mol. The molecule has 1 fully saturated rings. The summed E-state index contributed by atoms with van der Waals surface area (Å²) in [5.74, 6) is 1.77. The average molecular weight is 289 g/mol. The second-order valence-corrected chi connectivity index (χ2v) is 6.36. The van der Waals surface area contributed by atoms with E-state index in [1.165, 1.54) is 5.56 Å². The molecule has 1 aliphatic rings. The van der Waals surface area contributed by atoms with Crippen molar-refractivity contribution in [1.29, 1.82) is 0 Å². The summed E-state index contributed by atoms with van der Waals surface area (Å²) < 4.78 is 0. The Bertz CT molecular complexity index is 471. The molecule has 1 aromatic rings. The molecule has 1 saturated heterocycles. The van der Waals surface area contributed by atoms with E-state index in [1.807, 2.05) is 18.0 Å². The standard InChI is InChI=1S/C17H27N3O/c1-6-17(21)20-13(4)10-19(11-14(20)5)16-8-7-15(9-18-16)12(2)3/h7-9,12-14H,6,10-11H2,1-5H3. The fourth-order valence-electron chi connectivity index (χ4n) is 3.11. The van der Waals surface area contributed by atoms with Crippen molar-refractivity contribution in [2.45, 2.75) is 59.0 Å². The summed E-state index contributed by atoms with van der Waals surface area (Å²) in [7, 11) is 0. The molecule has 2 unspecified atom stereocenters. The first-order valence-corrected chi connectivity index (χ1v) is 7.96. The number of pyridine rings is 1. The summed E-state index contributed by atoms with van der Waals surface area (Å²) in [4.78, 5) is 21.0. The predicted octanol–water partition coefficient (Wildman–Crippen LogP) is 3.04. The molecule has 116 valence electrons. The lowest BCUT2D eigenvalue weighted by Gasteiger charge is -2.45. The molecule has 0 saturated carbocycles. The van der Waals surface area contributed by atoms with Gasteiger partial charge in [0.25, 0.3) is 0 Å². The van der Waals surface area contributed by atoms with Gasteiger partial charge in [-0.05, 0) is 31.4 Å². The molecule has 0 radical (unpaired) electrons. The molecule has 0 aliphatic carbocycles. The summed E-state index contributed by atoms with van der Waals surface area (Å²) in [5.41, 5.74) is 1.26. The Morgan fingerprint density at radius 3 is 2.33 bits per heavy atom. The van der Waals surface area contributed by atoms with Crippen LogP contribution in [0, 0.1) is 0 Å². The number of anilines is 1. The molecule has 21 heavy (non-hydrogen) atoms. The highest BCUT2D eigenvalue weighted by Gasteiger charge is 2.32. The van der Waals surface area contributed by atoms with Crippen LogP contribution in [0.2, 0.25) is 0 Å². The first kappa shape index (κ1) is 15.8. The van der Waals surface area contributed by atoms with Gasteiger partial charge in [-0.3, -0.25) is 4.79 Å². The van der Waals surface area contributed by atoms with Crippen molar-refractivity contribution in [3.8, 4) is 0 Å². The minimum atomic E-state index is 0.229. The van der Waals surface area contributed by atoms with Crippen LogP contribution in [0.25, 0.3) is 0 Å². The maximum Gasteiger partial charge on any atom is 0.222 e. The third-order valence-electron chi connectivity index (χ3n) is 4.27. The molecular weight excluding hydrogens is 262 g/mol. The largest absolute Gasteiger partial charge is 0.353 e. The van der Waals surface area contributed by atoms with E-state index in [1.54, 1.807) is 0 Å². The zero-order valence-electron chi connectivity index (χ0n) is 13.8. The van der Waals surface area contributed by atoms with E-state index in [0.717, 1.165) is 18.9 Å². The van der Waals surface area contributed by atoms with Gasteiger partial charge in [-0.2, -0.15) is 0 Å². The lowest BCUT2D eigenvalue weighted by Crippen LogP contribution is -2.58. The highest BCUT2D eigenvalue weighted by Crippen LogP contribution is 2.23. The summed E-state index contributed by atoms with van der Waals surface area (Å²) >= 11 is 0. The SMILES string of the molecule is CCC(=O)N1C(C)CN(c2ccc(C(C)C)cn2)CC1C. The van der Waals surface area contributed by atoms with Crippen LogP contribution >= 0.6 is 0 Å². The third-order valence-corrected chi connectivity index (χ3v) is 4.27. The van der Waals surface area contributed by atoms with Gasteiger partial charge in [-0.25, -0.2) is 4.98 Å². The van der Waals surface area contributed by atoms with Gasteiger partial charge in [-0.1, -0.05) is 26.8 Å². The summed E-state index contributed by atoms with van der Waals surface area (Å²) in [6.07, 6.45) is 2.55. The smallest absolute Gasteiger partial charge is 0.222 e. The van der Waals surface area contributed by atoms with E-state index in [2.05, 4.69) is 49.7 Å². The Labute approximate surface area is 128 Å². The Kier molecular flexibility index (Phi) is 4.86. The van der Waals surface area contributed by atoms with E-state index in [4.69, 9.17) is 0 Å². The summed E-state index contributed by atoms with van der Waals surface area (Å²) in [6.45, 7) is 12.2. The molecule has 0 aromatic carbocycles. The average Bonchev–Trinajstić information content (AvgIpc) is 2.46. The van der Waals surface area contributed by atoms with Crippen molar-refractivity contribution < 1.29 is 4.79 Å². The monoisotopic (exact) mass is 289 g/mol. The fourth-order valence-corrected chi connectivity index (χ4v) is 3.11. The van der Waals surface area contributed by atoms with Crippen LogP contribution in [-0.4, -0.2) is 41.0 Å². The van der Waals surface area contributed by atoms with Crippen molar-refractivity contribution in [2.75, 3.05) is 18.0 Å². The van der Waals surface area contributed by atoms with Crippen molar-refractivity contribution in [3.05, 3.63) is 23.9 Å². The second kappa shape index (κ2) is 6.46. The van der Waals surface area contributed by atoms with Crippen molar-refractivity contribution >= 4 is 11.7 Å². The number of nitrogens with zero attached hydrogens (tertiary/aromatic N) is 3. The third kappa shape index (κ3) is 3.36. The van der Waals surface area contributed by atoms with Crippen LogP contribution in [0.3, 0.4) is 0 Å². The van der Waals surface area contributed by atoms with Crippen molar-refractivity contribution in [2.24, 2.45) is 0 Å². The molecule has 2 rings (SSSR count). The first-order chi connectivity index (χ1) is 9.93. The van der Waals surface area contributed by atoms with Crippen molar-refractivity contribution in [3.63, 3.8) is 0 Å². The van der Waals surface area contributed by atoms with Gasteiger partial charge < -0.3 is 9.80 Å². The second-order valence-electron chi connectivity index (χ2n) is 6.36. The van der Waals surface area contributed by atoms with Gasteiger partial charge in [-0.15, -0.1) is 0 Å². The van der Waals surface area contributed by atoms with Crippen LogP contribution in [0.4, 0.5) is 5.82 Å². The number of carbonyl (C=O) groups is 1. The Morgan fingerprint density at radius 2 is 1.90 bits per heavy atom. The van der Waals surface area contributed by atoms with Gasteiger partial charge in [0, 0.05) is 37.8 Å². The van der Waals surface area contributed by atoms with E-state index in [9.17, 15) is 4.79 Å². The quantitative estimate of drug-likeness (QED) is 0.858. The number of rotatable bonds is 3. The molecule has 0 bridgehead atoms. The molecular formula is C17H27N3O. The van der Waals surface area contributed by atoms with Crippen LogP contribution in [0.5, 0.6) is 0 Å². The van der Waals surface area contributed by atoms with Crippen LogP contribution < -0.4 is 4.90 Å². The highest BCUT2D eigenvalue weighted by molar-refractivity contribution is 5.77. The Balaban J connectivity index is 2.11. The Morgan fingerprint density at radius 1 is 1.29 bits per heavy atom. The number of hydrogen-bond donors (Lipinski definition) is 0. The molecule has 1 amide bonds. The maximum absolute atomic E-state index is 12.0. The van der Waals surface area contributed by atoms with E-state index >= 15 is 0 Å². The minimum absolute atomic E-state index is 0.229. The maximum atomic E-state index is 12.0. The molecule has 0 spiro atoms. The molecule has 2 atom stereocenters. The topological polar surface area (TPSA) is 36.4 Å². The zero-order chi connectivity index (χ0) is 15.6. The molecule has 2 heterocycles. The van der Waals surface area contributed by atoms with Crippen LogP contribution in [-0.2, 0) is 4.79 Å². The summed E-state index contributed by atoms with van der Waals surface area (Å²) in [6, 6.07) is 4.72. The summed E-state index contributed by atoms with van der Waals surface area (Å²) in [5, 5.41) is 0. The lowest BCUT2D eigenvalue weighted by atomic mass is 10.1. The van der Waals surface area contributed by atoms with Crippen LogP contribution in [0.15, 0.2) is 18.3 Å². The lowest BCUT2D eigenvalue weighted by molar-refractivity contribution is -0.135. The van der Waals surface area contributed by atoms with E-state index < -0.39 is 0 Å². The van der Waals surface area contributed by atoms with Crippen molar-refractivity contribution in [1.82, 2.24) is 9.88 Å². The van der Waals surface area contributed by atoms with Crippen LogP contribution in [0.1, 0.15) is 52.5 Å². The van der Waals surface area contributed by atoms with Gasteiger partial charge in [0.1, 0.15) is 5.82 Å². The number of amides is 1. The van der Waals surface area contributed by atoms with Gasteiger partial charge in [0.15, 0.2) is 0 Å². The van der Waals surface area contributed by atoms with E-state index in [-0.39, 0.29) is 18.0 Å². The number of piperazine rings is 1. The fraction of sp³-hybridized carbons (Fsp3) is 0.647.